The normalized spacial score (nSPS) is 10.8. The SMILES string of the molecule is C=CCOc1c(Br)cc(/C=C(\C#N)C(=O)Nc2cccc(Cl)c2C)cc1OCC. The first-order valence-corrected chi connectivity index (χ1v) is 9.96. The molecule has 0 unspecified atom stereocenters. The van der Waals surface area contributed by atoms with Gasteiger partial charge in [-0.2, -0.15) is 5.26 Å². The fraction of sp³-hybridized carbons (Fsp3) is 0.182. The third-order valence-corrected chi connectivity index (χ3v) is 4.87. The van der Waals surface area contributed by atoms with E-state index in [0.717, 1.165) is 5.56 Å². The average molecular weight is 476 g/mol. The molecular weight excluding hydrogens is 456 g/mol. The zero-order chi connectivity index (χ0) is 21.4. The van der Waals surface area contributed by atoms with Crippen LogP contribution in [0.1, 0.15) is 18.1 Å². The lowest BCUT2D eigenvalue weighted by atomic mass is 10.1. The van der Waals surface area contributed by atoms with Gasteiger partial charge >= 0.3 is 0 Å². The third kappa shape index (κ3) is 5.86. The number of carbonyl (C=O) groups excluding carboxylic acids is 1. The molecule has 150 valence electrons. The summed E-state index contributed by atoms with van der Waals surface area (Å²) in [6.07, 6.45) is 3.12. The topological polar surface area (TPSA) is 71.3 Å². The quantitative estimate of drug-likeness (QED) is 0.292. The Balaban J connectivity index is 2.36. The van der Waals surface area contributed by atoms with Crippen molar-refractivity contribution in [3.63, 3.8) is 0 Å². The molecule has 0 heterocycles. The van der Waals surface area contributed by atoms with E-state index in [1.54, 1.807) is 43.3 Å². The van der Waals surface area contributed by atoms with Gasteiger partial charge in [-0.3, -0.25) is 4.79 Å². The number of anilines is 1. The van der Waals surface area contributed by atoms with E-state index in [1.807, 2.05) is 13.0 Å². The van der Waals surface area contributed by atoms with E-state index in [4.69, 9.17) is 21.1 Å². The predicted molar refractivity (Wildman–Crippen MR) is 119 cm³/mol. The van der Waals surface area contributed by atoms with E-state index in [1.165, 1.54) is 6.08 Å². The van der Waals surface area contributed by atoms with Crippen LogP contribution in [0.4, 0.5) is 5.69 Å². The molecule has 2 rings (SSSR count). The summed E-state index contributed by atoms with van der Waals surface area (Å²) in [7, 11) is 0. The van der Waals surface area contributed by atoms with Gasteiger partial charge < -0.3 is 14.8 Å². The molecule has 2 aromatic rings. The minimum Gasteiger partial charge on any atom is -0.490 e. The summed E-state index contributed by atoms with van der Waals surface area (Å²) in [5, 5.41) is 12.7. The molecule has 0 radical (unpaired) electrons. The highest BCUT2D eigenvalue weighted by atomic mass is 79.9. The molecule has 0 fully saturated rings. The van der Waals surface area contributed by atoms with E-state index in [2.05, 4.69) is 27.8 Å². The summed E-state index contributed by atoms with van der Waals surface area (Å²) in [4.78, 5) is 12.6. The number of nitriles is 1. The number of benzene rings is 2. The van der Waals surface area contributed by atoms with Crippen molar-refractivity contribution in [2.24, 2.45) is 0 Å². The fourth-order valence-electron chi connectivity index (χ4n) is 2.46. The zero-order valence-corrected chi connectivity index (χ0v) is 18.4. The maximum absolute atomic E-state index is 12.6. The van der Waals surface area contributed by atoms with Crippen LogP contribution in [0.15, 0.2) is 53.0 Å². The second-order valence-electron chi connectivity index (χ2n) is 5.90. The Hall–Kier alpha value is -2.75. The highest BCUT2D eigenvalue weighted by Gasteiger charge is 2.15. The lowest BCUT2D eigenvalue weighted by molar-refractivity contribution is -0.112. The van der Waals surface area contributed by atoms with Gasteiger partial charge in [0.05, 0.1) is 11.1 Å². The first-order chi connectivity index (χ1) is 13.9. The average Bonchev–Trinajstić information content (AvgIpc) is 2.69. The van der Waals surface area contributed by atoms with Crippen LogP contribution in [0.3, 0.4) is 0 Å². The fourth-order valence-corrected chi connectivity index (χ4v) is 3.21. The van der Waals surface area contributed by atoms with Crippen LogP contribution >= 0.6 is 27.5 Å². The van der Waals surface area contributed by atoms with Gasteiger partial charge in [0.1, 0.15) is 18.2 Å². The first-order valence-electron chi connectivity index (χ1n) is 8.79. The van der Waals surface area contributed by atoms with Gasteiger partial charge in [-0.1, -0.05) is 30.3 Å². The van der Waals surface area contributed by atoms with Crippen LogP contribution in [-0.2, 0) is 4.79 Å². The Morgan fingerprint density at radius 1 is 1.38 bits per heavy atom. The van der Waals surface area contributed by atoms with Crippen LogP contribution < -0.4 is 14.8 Å². The van der Waals surface area contributed by atoms with E-state index in [9.17, 15) is 10.1 Å². The van der Waals surface area contributed by atoms with Gasteiger partial charge in [-0.05, 0) is 71.2 Å². The lowest BCUT2D eigenvalue weighted by Crippen LogP contribution is -2.14. The lowest BCUT2D eigenvalue weighted by Gasteiger charge is -2.14. The van der Waals surface area contributed by atoms with E-state index >= 15 is 0 Å². The maximum Gasteiger partial charge on any atom is 0.266 e. The van der Waals surface area contributed by atoms with Crippen LogP contribution in [0.5, 0.6) is 11.5 Å². The number of nitrogens with one attached hydrogen (secondary N) is 1. The number of halogens is 2. The monoisotopic (exact) mass is 474 g/mol. The molecule has 0 aliphatic rings. The number of ether oxygens (including phenoxy) is 2. The molecule has 1 N–H and O–H groups in total. The molecule has 29 heavy (non-hydrogen) atoms. The van der Waals surface area contributed by atoms with Crippen molar-refractivity contribution in [2.45, 2.75) is 13.8 Å². The molecule has 7 heteroatoms. The Bertz CT molecular complexity index is 996. The summed E-state index contributed by atoms with van der Waals surface area (Å²) >= 11 is 9.54. The van der Waals surface area contributed by atoms with Crippen molar-refractivity contribution in [1.82, 2.24) is 0 Å². The minimum absolute atomic E-state index is 0.0570. The summed E-state index contributed by atoms with van der Waals surface area (Å²) in [5.41, 5.74) is 1.83. The van der Waals surface area contributed by atoms with Crippen LogP contribution in [0, 0.1) is 18.3 Å². The van der Waals surface area contributed by atoms with Crippen molar-refractivity contribution in [3.8, 4) is 17.6 Å². The van der Waals surface area contributed by atoms with Gasteiger partial charge in [-0.25, -0.2) is 0 Å². The van der Waals surface area contributed by atoms with Crippen molar-refractivity contribution < 1.29 is 14.3 Å². The molecular formula is C22H20BrClN2O3. The molecule has 2 aromatic carbocycles. The number of nitrogens with zero attached hydrogens (tertiary/aromatic N) is 1. The number of carbonyl (C=O) groups is 1. The maximum atomic E-state index is 12.6. The van der Waals surface area contributed by atoms with Crippen molar-refractivity contribution in [1.29, 1.82) is 5.26 Å². The largest absolute Gasteiger partial charge is 0.490 e. The second kappa shape index (κ2) is 10.7. The first kappa shape index (κ1) is 22.5. The molecule has 0 aliphatic heterocycles. The third-order valence-electron chi connectivity index (χ3n) is 3.87. The summed E-state index contributed by atoms with van der Waals surface area (Å²) < 4.78 is 11.9. The molecule has 0 bridgehead atoms. The minimum atomic E-state index is -0.529. The molecule has 0 atom stereocenters. The molecule has 1 amide bonds. The zero-order valence-electron chi connectivity index (χ0n) is 16.1. The van der Waals surface area contributed by atoms with Gasteiger partial charge in [0.2, 0.25) is 0 Å². The van der Waals surface area contributed by atoms with Gasteiger partial charge in [0.15, 0.2) is 11.5 Å². The van der Waals surface area contributed by atoms with Gasteiger partial charge in [0.25, 0.3) is 5.91 Å². The Labute approximate surface area is 183 Å². The highest BCUT2D eigenvalue weighted by Crippen LogP contribution is 2.37. The highest BCUT2D eigenvalue weighted by molar-refractivity contribution is 9.10. The van der Waals surface area contributed by atoms with E-state index in [-0.39, 0.29) is 5.57 Å². The number of hydrogen-bond donors (Lipinski definition) is 1. The second-order valence-corrected chi connectivity index (χ2v) is 7.16. The van der Waals surface area contributed by atoms with Crippen LogP contribution in [0.25, 0.3) is 6.08 Å². The van der Waals surface area contributed by atoms with E-state index < -0.39 is 5.91 Å². The van der Waals surface area contributed by atoms with Crippen molar-refractivity contribution in [2.75, 3.05) is 18.5 Å². The summed E-state index contributed by atoms with van der Waals surface area (Å²) in [6.45, 7) is 8.04. The number of rotatable bonds is 8. The van der Waals surface area contributed by atoms with E-state index in [0.29, 0.717) is 45.5 Å². The predicted octanol–water partition coefficient (Wildman–Crippen LogP) is 5.92. The molecule has 0 spiro atoms. The number of amides is 1. The molecule has 0 aromatic heterocycles. The molecule has 0 saturated carbocycles. The Morgan fingerprint density at radius 3 is 2.79 bits per heavy atom. The van der Waals surface area contributed by atoms with Crippen molar-refractivity contribution >= 4 is 45.2 Å². The standard InChI is InChI=1S/C22H20BrClN2O3/c1-4-9-29-21-17(23)11-15(12-20(21)28-5-2)10-16(13-25)22(27)26-19-8-6-7-18(24)14(19)3/h4,6-8,10-12H,1,5,9H2,2-3H3,(H,26,27)/b16-10+. The molecule has 0 saturated heterocycles. The van der Waals surface area contributed by atoms with Crippen LogP contribution in [0.2, 0.25) is 5.02 Å². The van der Waals surface area contributed by atoms with Crippen molar-refractivity contribution in [3.05, 3.63) is 69.2 Å². The summed E-state index contributed by atoms with van der Waals surface area (Å²) in [6, 6.07) is 10.6. The molecule has 0 aliphatic carbocycles. The molecule has 5 nitrogen and oxygen atoms in total. The van der Waals surface area contributed by atoms with Crippen LogP contribution in [-0.4, -0.2) is 19.1 Å². The Kier molecular flexibility index (Phi) is 8.32. The van der Waals surface area contributed by atoms with Gasteiger partial charge in [0, 0.05) is 10.7 Å². The van der Waals surface area contributed by atoms with Gasteiger partial charge in [-0.15, -0.1) is 0 Å². The smallest absolute Gasteiger partial charge is 0.266 e. The summed E-state index contributed by atoms with van der Waals surface area (Å²) in [5.74, 6) is 0.499. The Morgan fingerprint density at radius 2 is 2.14 bits per heavy atom. The number of hydrogen-bond acceptors (Lipinski definition) is 4.